The Morgan fingerprint density at radius 2 is 2.00 bits per heavy atom. The molecule has 3 heteroatoms. The summed E-state index contributed by atoms with van der Waals surface area (Å²) in [5.74, 6) is 0. The first kappa shape index (κ1) is 9.52. The van der Waals surface area contributed by atoms with Crippen molar-refractivity contribution in [2.75, 3.05) is 0 Å². The summed E-state index contributed by atoms with van der Waals surface area (Å²) in [7, 11) is 0. The number of nitrogens with zero attached hydrogens (tertiary/aromatic N) is 1. The van der Waals surface area contributed by atoms with Gasteiger partial charge < -0.3 is 0 Å². The topological polar surface area (TPSA) is 29.4 Å². The molecule has 0 bridgehead atoms. The maximum atomic E-state index is 10.6. The maximum Gasteiger partial charge on any atom is 0.150 e. The predicted molar refractivity (Wildman–Crippen MR) is 55.9 cm³/mol. The summed E-state index contributed by atoms with van der Waals surface area (Å²) >= 11 is 4.39. The molecule has 0 aliphatic carbocycles. The summed E-state index contributed by atoms with van der Waals surface area (Å²) in [5, 5.41) is 2.21. The summed E-state index contributed by atoms with van der Waals surface area (Å²) in [6, 6.07) is 7.24. The van der Waals surface area contributed by atoms with Crippen molar-refractivity contribution in [3.63, 3.8) is 0 Å². The van der Waals surface area contributed by atoms with Crippen LogP contribution in [0.5, 0.6) is 0 Å². The zero-order chi connectivity index (χ0) is 9.52. The fraction of sp³-hybridized carbons (Fsp3) is 0. The molecular weight excluding hydrogens is 182 g/mol. The minimum absolute atomic E-state index is 0.637. The Morgan fingerprint density at radius 1 is 1.31 bits per heavy atom. The highest BCUT2D eigenvalue weighted by atomic mass is 32.1. The first-order valence-corrected chi connectivity index (χ1v) is 4.07. The molecule has 0 aliphatic heterocycles. The van der Waals surface area contributed by atoms with Crippen LogP contribution in [0.2, 0.25) is 0 Å². The van der Waals surface area contributed by atoms with Gasteiger partial charge in [-0.2, -0.15) is 0 Å². The molecule has 0 unspecified atom stereocenters. The molecule has 2 nitrogen and oxygen atoms in total. The number of carbonyl (C=O) groups is 1. The smallest absolute Gasteiger partial charge is 0.150 e. The van der Waals surface area contributed by atoms with Crippen molar-refractivity contribution in [1.82, 2.24) is 0 Å². The van der Waals surface area contributed by atoms with Crippen LogP contribution in [0.25, 0.3) is 6.08 Å². The normalized spacial score (nSPS) is 9.54. The van der Waals surface area contributed by atoms with E-state index in [1.54, 1.807) is 12.1 Å². The number of rotatable bonds is 3. The third-order valence-corrected chi connectivity index (χ3v) is 1.61. The molecule has 0 amide bonds. The second kappa shape index (κ2) is 5.14. The van der Waals surface area contributed by atoms with Crippen molar-refractivity contribution in [3.05, 3.63) is 41.6 Å². The van der Waals surface area contributed by atoms with Crippen molar-refractivity contribution in [1.29, 1.82) is 0 Å². The number of hydrogen-bond donors (Lipinski definition) is 0. The van der Waals surface area contributed by atoms with E-state index >= 15 is 0 Å². The number of carbonyl (C=O) groups excluding carboxylic acids is 1. The van der Waals surface area contributed by atoms with Gasteiger partial charge in [0.05, 0.1) is 5.16 Å². The Hall–Kier alpha value is -1.57. The molecule has 0 N–H and O–H groups in total. The van der Waals surface area contributed by atoms with Gasteiger partial charge in [0.25, 0.3) is 0 Å². The quantitative estimate of drug-likeness (QED) is 0.415. The molecule has 0 fully saturated rings. The molecule has 1 aromatic rings. The van der Waals surface area contributed by atoms with Crippen LogP contribution in [-0.4, -0.2) is 11.4 Å². The van der Waals surface area contributed by atoms with Crippen LogP contribution in [0.4, 0.5) is 0 Å². The molecule has 1 aromatic carbocycles. The van der Waals surface area contributed by atoms with Crippen molar-refractivity contribution >= 4 is 29.7 Å². The number of hydrogen-bond acceptors (Lipinski definition) is 3. The lowest BCUT2D eigenvalue weighted by atomic mass is 10.1. The monoisotopic (exact) mass is 189 g/mol. The summed E-state index contributed by atoms with van der Waals surface area (Å²) in [6.07, 6.45) is 4.03. The SMILES string of the molecule is O=Cc1ccccc1/C=C/N=C=S. The van der Waals surface area contributed by atoms with E-state index in [9.17, 15) is 4.79 Å². The van der Waals surface area contributed by atoms with Crippen LogP contribution in [0, 0.1) is 0 Å². The number of isothiocyanates is 1. The highest BCUT2D eigenvalue weighted by molar-refractivity contribution is 7.78. The van der Waals surface area contributed by atoms with Gasteiger partial charge in [0.2, 0.25) is 0 Å². The lowest BCUT2D eigenvalue weighted by molar-refractivity contribution is 0.112. The third kappa shape index (κ3) is 2.75. The zero-order valence-corrected chi connectivity index (χ0v) is 7.62. The highest BCUT2D eigenvalue weighted by Gasteiger charge is 1.93. The molecule has 0 atom stereocenters. The summed E-state index contributed by atoms with van der Waals surface area (Å²) in [4.78, 5) is 14.2. The van der Waals surface area contributed by atoms with Gasteiger partial charge in [-0.25, -0.2) is 4.99 Å². The third-order valence-electron chi connectivity index (χ3n) is 1.50. The van der Waals surface area contributed by atoms with Gasteiger partial charge in [-0.1, -0.05) is 24.3 Å². The summed E-state index contributed by atoms with van der Waals surface area (Å²) in [6.45, 7) is 0. The van der Waals surface area contributed by atoms with Gasteiger partial charge >= 0.3 is 0 Å². The molecule has 0 aromatic heterocycles. The molecule has 1 rings (SSSR count). The molecular formula is C10H7NOS. The van der Waals surface area contributed by atoms with Gasteiger partial charge in [0.15, 0.2) is 6.29 Å². The van der Waals surface area contributed by atoms with E-state index < -0.39 is 0 Å². The second-order valence-electron chi connectivity index (χ2n) is 2.28. The average Bonchev–Trinajstić information content (AvgIpc) is 2.19. The number of aliphatic imine (C=N–C) groups is 1. The molecule has 0 heterocycles. The van der Waals surface area contributed by atoms with Gasteiger partial charge in [-0.3, -0.25) is 4.79 Å². The number of aldehydes is 1. The highest BCUT2D eigenvalue weighted by Crippen LogP contribution is 2.07. The number of benzene rings is 1. The van der Waals surface area contributed by atoms with E-state index in [-0.39, 0.29) is 0 Å². The van der Waals surface area contributed by atoms with Crippen LogP contribution in [-0.2, 0) is 0 Å². The Morgan fingerprint density at radius 3 is 2.62 bits per heavy atom. The molecule has 0 radical (unpaired) electrons. The summed E-state index contributed by atoms with van der Waals surface area (Å²) < 4.78 is 0. The largest absolute Gasteiger partial charge is 0.298 e. The molecule has 64 valence electrons. The van der Waals surface area contributed by atoms with E-state index in [0.29, 0.717) is 5.56 Å². The molecule has 0 spiro atoms. The van der Waals surface area contributed by atoms with E-state index in [1.165, 1.54) is 6.20 Å². The van der Waals surface area contributed by atoms with Crippen LogP contribution in [0.1, 0.15) is 15.9 Å². The Kier molecular flexibility index (Phi) is 3.76. The molecule has 0 aliphatic rings. The van der Waals surface area contributed by atoms with Crippen molar-refractivity contribution in [3.8, 4) is 0 Å². The predicted octanol–water partition coefficient (Wildman–Crippen LogP) is 2.57. The van der Waals surface area contributed by atoms with E-state index in [4.69, 9.17) is 0 Å². The van der Waals surface area contributed by atoms with Gasteiger partial charge in [-0.05, 0) is 23.9 Å². The fourth-order valence-corrected chi connectivity index (χ4v) is 0.979. The van der Waals surface area contributed by atoms with Gasteiger partial charge in [0, 0.05) is 11.8 Å². The molecule has 0 saturated carbocycles. The lowest BCUT2D eigenvalue weighted by Gasteiger charge is -1.95. The second-order valence-corrected chi connectivity index (χ2v) is 2.47. The molecule has 0 saturated heterocycles. The number of thiocarbonyl (C=S) groups is 1. The average molecular weight is 189 g/mol. The summed E-state index contributed by atoms with van der Waals surface area (Å²) in [5.41, 5.74) is 1.46. The fourth-order valence-electron chi connectivity index (χ4n) is 0.918. The van der Waals surface area contributed by atoms with E-state index in [0.717, 1.165) is 11.8 Å². The standard InChI is InChI=1S/C10H7NOS/c12-7-10-4-2-1-3-9(10)5-6-11-8-13/h1-7H/b6-5+. The minimum atomic E-state index is 0.637. The van der Waals surface area contributed by atoms with E-state index in [1.807, 2.05) is 18.2 Å². The van der Waals surface area contributed by atoms with Crippen LogP contribution in [0.15, 0.2) is 35.5 Å². The van der Waals surface area contributed by atoms with Crippen molar-refractivity contribution in [2.45, 2.75) is 0 Å². The Labute approximate surface area is 81.6 Å². The maximum absolute atomic E-state index is 10.6. The van der Waals surface area contributed by atoms with E-state index in [2.05, 4.69) is 22.4 Å². The van der Waals surface area contributed by atoms with Crippen molar-refractivity contribution < 1.29 is 4.79 Å². The minimum Gasteiger partial charge on any atom is -0.298 e. The Balaban J connectivity index is 2.99. The van der Waals surface area contributed by atoms with Crippen molar-refractivity contribution in [2.24, 2.45) is 4.99 Å². The lowest BCUT2D eigenvalue weighted by Crippen LogP contribution is -1.83. The zero-order valence-electron chi connectivity index (χ0n) is 6.81. The van der Waals surface area contributed by atoms with Crippen LogP contribution < -0.4 is 0 Å². The van der Waals surface area contributed by atoms with Crippen LogP contribution in [0.3, 0.4) is 0 Å². The first-order valence-electron chi connectivity index (χ1n) is 3.66. The Bertz CT molecular complexity index is 378. The van der Waals surface area contributed by atoms with Gasteiger partial charge in [-0.15, -0.1) is 0 Å². The first-order chi connectivity index (χ1) is 6.38. The van der Waals surface area contributed by atoms with Gasteiger partial charge in [0.1, 0.15) is 0 Å². The molecule has 13 heavy (non-hydrogen) atoms. The van der Waals surface area contributed by atoms with Crippen LogP contribution >= 0.6 is 12.2 Å².